The van der Waals surface area contributed by atoms with Gasteiger partial charge in [-0.15, -0.1) is 0 Å². The van der Waals surface area contributed by atoms with Crippen LogP contribution in [0.25, 0.3) is 0 Å². The predicted molar refractivity (Wildman–Crippen MR) is 70.3 cm³/mol. The van der Waals surface area contributed by atoms with Crippen molar-refractivity contribution in [2.24, 2.45) is 0 Å². The molecule has 0 saturated heterocycles. The second kappa shape index (κ2) is 7.02. The summed E-state index contributed by atoms with van der Waals surface area (Å²) in [5, 5.41) is 0. The summed E-state index contributed by atoms with van der Waals surface area (Å²) < 4.78 is 0. The highest BCUT2D eigenvalue weighted by molar-refractivity contribution is 7.98. The standard InChI is InChI=1S/C12H16S2/c1-11-5-4-6-12(9-11)10-14-8-3-2-7-13/h2-6,9,13H,7-8,10H2,1H3. The van der Waals surface area contributed by atoms with Crippen LogP contribution >= 0.6 is 24.4 Å². The summed E-state index contributed by atoms with van der Waals surface area (Å²) in [6.45, 7) is 2.13. The van der Waals surface area contributed by atoms with Crippen molar-refractivity contribution in [1.82, 2.24) is 0 Å². The van der Waals surface area contributed by atoms with Gasteiger partial charge in [0.05, 0.1) is 0 Å². The molecular weight excluding hydrogens is 208 g/mol. The first kappa shape index (κ1) is 11.7. The highest BCUT2D eigenvalue weighted by Gasteiger charge is 1.92. The lowest BCUT2D eigenvalue weighted by Crippen LogP contribution is -1.82. The fourth-order valence-electron chi connectivity index (χ4n) is 1.19. The molecule has 0 nitrogen and oxygen atoms in total. The second-order valence-corrected chi connectivity index (χ2v) is 4.55. The highest BCUT2D eigenvalue weighted by atomic mass is 32.2. The molecule has 2 heteroatoms. The van der Waals surface area contributed by atoms with Gasteiger partial charge in [0, 0.05) is 17.3 Å². The molecule has 1 aromatic carbocycles. The van der Waals surface area contributed by atoms with Crippen molar-refractivity contribution in [2.75, 3.05) is 11.5 Å². The lowest BCUT2D eigenvalue weighted by molar-refractivity contribution is 1.35. The molecule has 0 aromatic heterocycles. The molecule has 1 aromatic rings. The van der Waals surface area contributed by atoms with E-state index in [2.05, 4.69) is 56.0 Å². The third-order valence-corrected chi connectivity index (χ3v) is 3.01. The molecule has 0 aliphatic carbocycles. The Bertz CT molecular complexity index is 292. The van der Waals surface area contributed by atoms with Gasteiger partial charge in [0.15, 0.2) is 0 Å². The van der Waals surface area contributed by atoms with Crippen LogP contribution in [0.15, 0.2) is 36.4 Å². The number of thiol groups is 1. The average molecular weight is 224 g/mol. The van der Waals surface area contributed by atoms with Gasteiger partial charge < -0.3 is 0 Å². The summed E-state index contributed by atoms with van der Waals surface area (Å²) in [5.41, 5.74) is 2.75. The largest absolute Gasteiger partial charge is 0.175 e. The third-order valence-electron chi connectivity index (χ3n) is 1.84. The maximum atomic E-state index is 4.11. The molecule has 0 aliphatic heterocycles. The van der Waals surface area contributed by atoms with E-state index in [0.717, 1.165) is 17.3 Å². The molecule has 0 heterocycles. The molecule has 1 rings (SSSR count). The number of rotatable bonds is 5. The van der Waals surface area contributed by atoms with E-state index in [0.29, 0.717) is 0 Å². The summed E-state index contributed by atoms with van der Waals surface area (Å²) >= 11 is 6.04. The summed E-state index contributed by atoms with van der Waals surface area (Å²) in [5.74, 6) is 3.01. The van der Waals surface area contributed by atoms with E-state index in [1.807, 2.05) is 11.8 Å². The van der Waals surface area contributed by atoms with Gasteiger partial charge in [-0.3, -0.25) is 0 Å². The van der Waals surface area contributed by atoms with Crippen LogP contribution in [0, 0.1) is 6.92 Å². The van der Waals surface area contributed by atoms with Crippen molar-refractivity contribution >= 4 is 24.4 Å². The Balaban J connectivity index is 2.28. The SMILES string of the molecule is Cc1cccc(CSCC=CCS)c1. The number of hydrogen-bond acceptors (Lipinski definition) is 2. The van der Waals surface area contributed by atoms with Crippen LogP contribution in [0.5, 0.6) is 0 Å². The molecule has 76 valence electrons. The van der Waals surface area contributed by atoms with E-state index >= 15 is 0 Å². The Morgan fingerprint density at radius 2 is 2.21 bits per heavy atom. The number of aryl methyl sites for hydroxylation is 1. The Morgan fingerprint density at radius 1 is 1.36 bits per heavy atom. The summed E-state index contributed by atoms with van der Waals surface area (Å²) in [7, 11) is 0. The van der Waals surface area contributed by atoms with E-state index in [4.69, 9.17) is 0 Å². The second-order valence-electron chi connectivity index (χ2n) is 3.16. The molecule has 0 N–H and O–H groups in total. The summed E-state index contributed by atoms with van der Waals surface area (Å²) in [6.07, 6.45) is 4.26. The first-order valence-corrected chi connectivity index (χ1v) is 6.51. The lowest BCUT2D eigenvalue weighted by atomic mass is 10.2. The molecule has 0 unspecified atom stereocenters. The third kappa shape index (κ3) is 4.77. The van der Waals surface area contributed by atoms with Gasteiger partial charge in [-0.2, -0.15) is 24.4 Å². The molecule has 0 saturated carbocycles. The van der Waals surface area contributed by atoms with Crippen LogP contribution in [-0.4, -0.2) is 11.5 Å². The van der Waals surface area contributed by atoms with Crippen LogP contribution in [0.3, 0.4) is 0 Å². The fraction of sp³-hybridized carbons (Fsp3) is 0.333. The van der Waals surface area contributed by atoms with E-state index in [9.17, 15) is 0 Å². The van der Waals surface area contributed by atoms with Gasteiger partial charge in [0.25, 0.3) is 0 Å². The monoisotopic (exact) mass is 224 g/mol. The average Bonchev–Trinajstić information content (AvgIpc) is 2.18. The smallest absolute Gasteiger partial charge is 0.0187 e. The van der Waals surface area contributed by atoms with Gasteiger partial charge in [-0.1, -0.05) is 42.0 Å². The van der Waals surface area contributed by atoms with Crippen molar-refractivity contribution in [3.8, 4) is 0 Å². The Morgan fingerprint density at radius 3 is 2.93 bits per heavy atom. The minimum Gasteiger partial charge on any atom is -0.175 e. The fourth-order valence-corrected chi connectivity index (χ4v) is 2.14. The van der Waals surface area contributed by atoms with Crippen LogP contribution in [0.2, 0.25) is 0 Å². The molecule has 0 atom stereocenters. The highest BCUT2D eigenvalue weighted by Crippen LogP contribution is 2.13. The van der Waals surface area contributed by atoms with Crippen LogP contribution in [-0.2, 0) is 5.75 Å². The number of thioether (sulfide) groups is 1. The van der Waals surface area contributed by atoms with E-state index < -0.39 is 0 Å². The van der Waals surface area contributed by atoms with Crippen molar-refractivity contribution < 1.29 is 0 Å². The van der Waals surface area contributed by atoms with Crippen LogP contribution in [0.4, 0.5) is 0 Å². The minimum atomic E-state index is 0.838. The van der Waals surface area contributed by atoms with Gasteiger partial charge in [0.1, 0.15) is 0 Å². The zero-order valence-corrected chi connectivity index (χ0v) is 10.2. The van der Waals surface area contributed by atoms with Crippen molar-refractivity contribution in [3.05, 3.63) is 47.5 Å². The molecule has 0 bridgehead atoms. The molecule has 0 spiro atoms. The summed E-state index contributed by atoms with van der Waals surface area (Å²) in [4.78, 5) is 0. The van der Waals surface area contributed by atoms with Crippen molar-refractivity contribution in [1.29, 1.82) is 0 Å². The topological polar surface area (TPSA) is 0 Å². The summed E-state index contributed by atoms with van der Waals surface area (Å²) in [6, 6.07) is 8.68. The number of benzene rings is 1. The normalized spacial score (nSPS) is 11.0. The van der Waals surface area contributed by atoms with Gasteiger partial charge in [0.2, 0.25) is 0 Å². The molecule has 0 amide bonds. The van der Waals surface area contributed by atoms with Gasteiger partial charge >= 0.3 is 0 Å². The lowest BCUT2D eigenvalue weighted by Gasteiger charge is -2.00. The Labute approximate surface area is 96.2 Å². The number of hydrogen-bond donors (Lipinski definition) is 1. The maximum absolute atomic E-state index is 4.11. The quantitative estimate of drug-likeness (QED) is 0.452. The minimum absolute atomic E-state index is 0.838. The van der Waals surface area contributed by atoms with E-state index in [1.165, 1.54) is 11.1 Å². The Kier molecular flexibility index (Phi) is 5.88. The van der Waals surface area contributed by atoms with E-state index in [-0.39, 0.29) is 0 Å². The first-order chi connectivity index (χ1) is 6.83. The molecule has 0 radical (unpaired) electrons. The zero-order chi connectivity index (χ0) is 10.2. The van der Waals surface area contributed by atoms with E-state index in [1.54, 1.807) is 0 Å². The van der Waals surface area contributed by atoms with Crippen LogP contribution in [0.1, 0.15) is 11.1 Å². The van der Waals surface area contributed by atoms with Crippen LogP contribution < -0.4 is 0 Å². The first-order valence-electron chi connectivity index (χ1n) is 4.72. The molecule has 14 heavy (non-hydrogen) atoms. The Hall–Kier alpha value is -0.340. The zero-order valence-electron chi connectivity index (χ0n) is 8.44. The molecular formula is C12H16S2. The van der Waals surface area contributed by atoms with Gasteiger partial charge in [-0.25, -0.2) is 0 Å². The van der Waals surface area contributed by atoms with Crippen molar-refractivity contribution in [3.63, 3.8) is 0 Å². The predicted octanol–water partition coefficient (Wildman–Crippen LogP) is 3.71. The van der Waals surface area contributed by atoms with Gasteiger partial charge in [-0.05, 0) is 12.5 Å². The maximum Gasteiger partial charge on any atom is 0.0187 e. The molecule has 0 aliphatic rings. The molecule has 0 fully saturated rings. The van der Waals surface area contributed by atoms with Crippen molar-refractivity contribution in [2.45, 2.75) is 12.7 Å².